The van der Waals surface area contributed by atoms with Crippen molar-refractivity contribution in [1.29, 1.82) is 0 Å². The number of esters is 2. The summed E-state index contributed by atoms with van der Waals surface area (Å²) in [7, 11) is 0. The normalized spacial score (nSPS) is 10.5. The molecule has 0 aliphatic heterocycles. The molecule has 0 heterocycles. The van der Waals surface area contributed by atoms with Crippen molar-refractivity contribution in [2.24, 2.45) is 0 Å². The molecule has 0 aliphatic rings. The number of aromatic hydroxyl groups is 2. The molecule has 0 radical (unpaired) electrons. The minimum absolute atomic E-state index is 0.0403. The molecule has 0 unspecified atom stereocenters. The molecule has 0 saturated heterocycles. The molecular formula is C22H26O6. The highest BCUT2D eigenvalue weighted by Gasteiger charge is 2.09. The second-order valence-electron chi connectivity index (χ2n) is 6.47. The van der Waals surface area contributed by atoms with Gasteiger partial charge < -0.3 is 19.7 Å². The average Bonchev–Trinajstić information content (AvgIpc) is 2.68. The fourth-order valence-electron chi connectivity index (χ4n) is 2.66. The maximum absolute atomic E-state index is 11.3. The summed E-state index contributed by atoms with van der Waals surface area (Å²) in [5, 5.41) is 19.9. The largest absolute Gasteiger partial charge is 0.504 e. The Morgan fingerprint density at radius 1 is 0.750 bits per heavy atom. The van der Waals surface area contributed by atoms with Crippen LogP contribution in [0.5, 0.6) is 23.0 Å². The molecule has 150 valence electrons. The second-order valence-corrected chi connectivity index (χ2v) is 6.47. The monoisotopic (exact) mass is 386 g/mol. The first-order chi connectivity index (χ1) is 13.4. The number of hydrogen-bond acceptors (Lipinski definition) is 6. The van der Waals surface area contributed by atoms with Crippen molar-refractivity contribution in [1.82, 2.24) is 0 Å². The Morgan fingerprint density at radius 3 is 1.46 bits per heavy atom. The fourth-order valence-corrected chi connectivity index (χ4v) is 2.66. The Morgan fingerprint density at radius 2 is 1.14 bits per heavy atom. The van der Waals surface area contributed by atoms with E-state index >= 15 is 0 Å². The van der Waals surface area contributed by atoms with Crippen LogP contribution in [0, 0.1) is 0 Å². The predicted octanol–water partition coefficient (Wildman–Crippen LogP) is 4.29. The molecule has 6 nitrogen and oxygen atoms in total. The van der Waals surface area contributed by atoms with Crippen molar-refractivity contribution in [2.45, 2.75) is 52.4 Å². The van der Waals surface area contributed by atoms with Crippen molar-refractivity contribution < 1.29 is 29.3 Å². The molecule has 0 saturated carbocycles. The van der Waals surface area contributed by atoms with Crippen molar-refractivity contribution in [2.75, 3.05) is 0 Å². The van der Waals surface area contributed by atoms with E-state index in [1.54, 1.807) is 38.1 Å². The molecule has 0 bridgehead atoms. The zero-order valence-corrected chi connectivity index (χ0v) is 16.2. The van der Waals surface area contributed by atoms with Crippen LogP contribution in [0.4, 0.5) is 0 Å². The van der Waals surface area contributed by atoms with Gasteiger partial charge in [0.2, 0.25) is 0 Å². The molecule has 2 rings (SSSR count). The Hall–Kier alpha value is -3.02. The van der Waals surface area contributed by atoms with Gasteiger partial charge in [0.15, 0.2) is 23.0 Å². The number of carbonyl (C=O) groups is 2. The van der Waals surface area contributed by atoms with Crippen LogP contribution in [-0.4, -0.2) is 22.2 Å². The SMILES string of the molecule is CCC(=O)Oc1ccc(CCCCc2ccc(OC(=O)CC)c(O)c2)cc1O. The van der Waals surface area contributed by atoms with Crippen LogP contribution in [0.2, 0.25) is 0 Å². The van der Waals surface area contributed by atoms with E-state index in [1.807, 2.05) is 12.1 Å². The molecular weight excluding hydrogens is 360 g/mol. The molecule has 2 aromatic carbocycles. The van der Waals surface area contributed by atoms with Crippen LogP contribution in [0.25, 0.3) is 0 Å². The van der Waals surface area contributed by atoms with E-state index in [-0.39, 0.29) is 47.8 Å². The standard InChI is InChI=1S/C22H26O6/c1-3-21(25)27-19-11-9-15(13-17(19)23)7-5-6-8-16-10-12-20(18(24)14-16)28-22(26)4-2/h9-14,23-24H,3-8H2,1-2H3. The molecule has 0 aliphatic carbocycles. The Bertz CT molecular complexity index is 758. The van der Waals surface area contributed by atoms with Crippen LogP contribution in [0.1, 0.15) is 50.7 Å². The zero-order chi connectivity index (χ0) is 20.5. The van der Waals surface area contributed by atoms with Crippen LogP contribution in [0.15, 0.2) is 36.4 Å². The molecule has 2 N–H and O–H groups in total. The topological polar surface area (TPSA) is 93.1 Å². The highest BCUT2D eigenvalue weighted by atomic mass is 16.5. The van der Waals surface area contributed by atoms with Gasteiger partial charge in [0.1, 0.15) is 0 Å². The lowest BCUT2D eigenvalue weighted by Crippen LogP contribution is -2.05. The zero-order valence-electron chi connectivity index (χ0n) is 16.2. The Kier molecular flexibility index (Phi) is 7.87. The lowest BCUT2D eigenvalue weighted by atomic mass is 10.0. The van der Waals surface area contributed by atoms with Crippen LogP contribution in [0.3, 0.4) is 0 Å². The number of rotatable bonds is 9. The van der Waals surface area contributed by atoms with E-state index in [0.717, 1.165) is 36.8 Å². The number of unbranched alkanes of at least 4 members (excludes halogenated alkanes) is 1. The lowest BCUT2D eigenvalue weighted by Gasteiger charge is -2.09. The number of benzene rings is 2. The third kappa shape index (κ3) is 6.30. The maximum atomic E-state index is 11.3. The van der Waals surface area contributed by atoms with Crippen LogP contribution < -0.4 is 9.47 Å². The molecule has 0 atom stereocenters. The van der Waals surface area contributed by atoms with Crippen LogP contribution in [-0.2, 0) is 22.4 Å². The maximum Gasteiger partial charge on any atom is 0.311 e. The molecule has 0 fully saturated rings. The van der Waals surface area contributed by atoms with Crippen molar-refractivity contribution in [3.63, 3.8) is 0 Å². The Balaban J connectivity index is 1.82. The van der Waals surface area contributed by atoms with Gasteiger partial charge in [0.25, 0.3) is 0 Å². The minimum atomic E-state index is -0.387. The Labute approximate surface area is 164 Å². The summed E-state index contributed by atoms with van der Waals surface area (Å²) in [5.74, 6) is -0.503. The number of aryl methyl sites for hydroxylation is 2. The fraction of sp³-hybridized carbons (Fsp3) is 0.364. The first-order valence-corrected chi connectivity index (χ1v) is 9.48. The number of carbonyl (C=O) groups excluding carboxylic acids is 2. The highest BCUT2D eigenvalue weighted by molar-refractivity contribution is 5.73. The van der Waals surface area contributed by atoms with Crippen LogP contribution >= 0.6 is 0 Å². The van der Waals surface area contributed by atoms with E-state index in [2.05, 4.69) is 0 Å². The van der Waals surface area contributed by atoms with Gasteiger partial charge in [-0.2, -0.15) is 0 Å². The van der Waals surface area contributed by atoms with Gasteiger partial charge in [-0.05, 0) is 61.1 Å². The lowest BCUT2D eigenvalue weighted by molar-refractivity contribution is -0.135. The van der Waals surface area contributed by atoms with Gasteiger partial charge in [0.05, 0.1) is 0 Å². The third-order valence-corrected chi connectivity index (χ3v) is 4.25. The number of phenols is 2. The van der Waals surface area contributed by atoms with Crippen molar-refractivity contribution in [3.8, 4) is 23.0 Å². The summed E-state index contributed by atoms with van der Waals surface area (Å²) in [4.78, 5) is 22.6. The van der Waals surface area contributed by atoms with Gasteiger partial charge in [0, 0.05) is 12.8 Å². The van der Waals surface area contributed by atoms with E-state index in [4.69, 9.17) is 9.47 Å². The number of hydrogen-bond donors (Lipinski definition) is 2. The van der Waals surface area contributed by atoms with Crippen molar-refractivity contribution >= 4 is 11.9 Å². The number of phenolic OH excluding ortho intramolecular Hbond substituents is 2. The summed E-state index contributed by atoms with van der Waals surface area (Å²) >= 11 is 0. The summed E-state index contributed by atoms with van der Waals surface area (Å²) < 4.78 is 10.1. The highest BCUT2D eigenvalue weighted by Crippen LogP contribution is 2.29. The summed E-state index contributed by atoms with van der Waals surface area (Å²) in [5.41, 5.74) is 1.91. The van der Waals surface area contributed by atoms with E-state index in [0.29, 0.717) is 0 Å². The average molecular weight is 386 g/mol. The van der Waals surface area contributed by atoms with Gasteiger partial charge >= 0.3 is 11.9 Å². The molecule has 28 heavy (non-hydrogen) atoms. The summed E-state index contributed by atoms with van der Waals surface area (Å²) in [6.45, 7) is 3.39. The van der Waals surface area contributed by atoms with E-state index in [1.165, 1.54) is 0 Å². The summed E-state index contributed by atoms with van der Waals surface area (Å²) in [6, 6.07) is 10.1. The first kappa shape index (κ1) is 21.3. The number of ether oxygens (including phenoxy) is 2. The molecule has 0 amide bonds. The molecule has 0 spiro atoms. The smallest absolute Gasteiger partial charge is 0.311 e. The molecule has 2 aromatic rings. The van der Waals surface area contributed by atoms with Gasteiger partial charge in [-0.1, -0.05) is 26.0 Å². The second kappa shape index (κ2) is 10.3. The van der Waals surface area contributed by atoms with E-state index in [9.17, 15) is 19.8 Å². The minimum Gasteiger partial charge on any atom is -0.504 e. The third-order valence-electron chi connectivity index (χ3n) is 4.25. The quantitative estimate of drug-likeness (QED) is 0.379. The van der Waals surface area contributed by atoms with Gasteiger partial charge in [-0.15, -0.1) is 0 Å². The first-order valence-electron chi connectivity index (χ1n) is 9.48. The predicted molar refractivity (Wildman–Crippen MR) is 105 cm³/mol. The molecule has 6 heteroatoms. The van der Waals surface area contributed by atoms with Gasteiger partial charge in [-0.3, -0.25) is 9.59 Å². The summed E-state index contributed by atoms with van der Waals surface area (Å²) in [6.07, 6.45) is 3.82. The molecule has 0 aromatic heterocycles. The van der Waals surface area contributed by atoms with Gasteiger partial charge in [-0.25, -0.2) is 0 Å². The van der Waals surface area contributed by atoms with Crippen molar-refractivity contribution in [3.05, 3.63) is 47.5 Å². The van der Waals surface area contributed by atoms with E-state index < -0.39 is 0 Å².